The number of nitrogens with two attached hydrogens (primary N) is 1. The first-order valence-corrected chi connectivity index (χ1v) is 15.8. The van der Waals surface area contributed by atoms with E-state index in [0.717, 1.165) is 47.1 Å². The fraction of sp³-hybridized carbons (Fsp3) is 0.394. The van der Waals surface area contributed by atoms with Gasteiger partial charge in [0.2, 0.25) is 11.8 Å². The lowest BCUT2D eigenvalue weighted by Crippen LogP contribution is -2.26. The molecule has 1 aliphatic rings. The summed E-state index contributed by atoms with van der Waals surface area (Å²) in [5, 5.41) is 4.44. The Bertz CT molecular complexity index is 1580. The largest absolute Gasteiger partial charge is 0.588 e. The van der Waals surface area contributed by atoms with E-state index in [1.807, 2.05) is 42.7 Å². The van der Waals surface area contributed by atoms with Crippen molar-refractivity contribution in [1.82, 2.24) is 19.7 Å². The summed E-state index contributed by atoms with van der Waals surface area (Å²) < 4.78 is 24.6. The molecule has 2 aromatic carbocycles. The van der Waals surface area contributed by atoms with Gasteiger partial charge < -0.3 is 15.0 Å². The molecule has 0 radical (unpaired) electrons. The van der Waals surface area contributed by atoms with E-state index in [1.165, 1.54) is 0 Å². The van der Waals surface area contributed by atoms with Gasteiger partial charge in [-0.2, -0.15) is 14.8 Å². The normalized spacial score (nSPS) is 19.2. The molecular formula is C33H40N6O3S. The Hall–Kier alpha value is -3.89. The number of anilines is 1. The zero-order chi connectivity index (χ0) is 30.7. The molecule has 1 aliphatic heterocycles. The minimum absolute atomic E-state index is 0.0266. The molecule has 9 nitrogen and oxygen atoms in total. The number of fused-ring (bicyclic) bond motifs is 4. The summed E-state index contributed by atoms with van der Waals surface area (Å²) in [6.45, 7) is 11.2. The Morgan fingerprint density at radius 3 is 2.60 bits per heavy atom. The summed E-state index contributed by atoms with van der Waals surface area (Å²) in [4.78, 5) is 21.7. The highest BCUT2D eigenvalue weighted by molar-refractivity contribution is 7.92. The van der Waals surface area contributed by atoms with Crippen molar-refractivity contribution in [1.29, 1.82) is 0 Å². The Morgan fingerprint density at radius 2 is 1.88 bits per heavy atom. The number of hydrogen-bond donors (Lipinski definition) is 2. The highest BCUT2D eigenvalue weighted by Crippen LogP contribution is 2.38. The molecule has 10 heteroatoms. The lowest BCUT2D eigenvalue weighted by Gasteiger charge is -2.32. The molecule has 0 fully saturated rings. The predicted molar refractivity (Wildman–Crippen MR) is 169 cm³/mol. The van der Waals surface area contributed by atoms with E-state index in [0.29, 0.717) is 23.1 Å². The third-order valence-electron chi connectivity index (χ3n) is 7.77. The summed E-state index contributed by atoms with van der Waals surface area (Å²) in [5.74, 6) is 0.414. The van der Waals surface area contributed by atoms with Crippen molar-refractivity contribution >= 4 is 23.2 Å². The molecule has 0 spiro atoms. The lowest BCUT2D eigenvalue weighted by atomic mass is 9.75. The van der Waals surface area contributed by atoms with E-state index in [2.05, 4.69) is 67.6 Å². The van der Waals surface area contributed by atoms with E-state index in [9.17, 15) is 9.35 Å². The lowest BCUT2D eigenvalue weighted by molar-refractivity contribution is -0.118. The Labute approximate surface area is 256 Å². The van der Waals surface area contributed by atoms with Gasteiger partial charge in [0.15, 0.2) is 4.90 Å². The standard InChI is InChI=1S/C33H40N6O3S/c1-21-8-6-9-22(2)31(21)28-15-30-37-32(36-28)38-43(41)26-11-7-10-23(14-26)12-13-27(24(20-42-30)16-33(3,4)5)25-17-35-39(18-25)19-29(34)40/h6-11,14-15,17-18,24,27H,12-13,16,19-20H2,1-5H3,(H2,34,40)(H,36,37,38)/t24-,27?,43?/m1/s1. The molecule has 3 N–H and O–H groups in total. The fourth-order valence-corrected chi connectivity index (χ4v) is 6.80. The molecule has 0 saturated heterocycles. The molecule has 0 saturated carbocycles. The smallest absolute Gasteiger partial charge is 0.269 e. The number of aromatic nitrogens is 4. The second-order valence-corrected chi connectivity index (χ2v) is 13.8. The van der Waals surface area contributed by atoms with Gasteiger partial charge in [0.05, 0.1) is 18.5 Å². The number of carbonyl (C=O) groups is 1. The highest BCUT2D eigenvalue weighted by Gasteiger charge is 2.30. The molecule has 226 valence electrons. The number of carbonyl (C=O) groups excluding carboxylic acids is 1. The first-order chi connectivity index (χ1) is 20.4. The van der Waals surface area contributed by atoms with Gasteiger partial charge in [0, 0.05) is 23.7 Å². The maximum atomic E-state index is 13.5. The van der Waals surface area contributed by atoms with E-state index in [-0.39, 0.29) is 29.7 Å². The molecule has 5 rings (SSSR count). The maximum absolute atomic E-state index is 13.5. The van der Waals surface area contributed by atoms with Crippen LogP contribution in [0.5, 0.6) is 5.88 Å². The Kier molecular flexibility index (Phi) is 9.08. The number of hydrogen-bond acceptors (Lipinski definition) is 7. The number of nitrogens with one attached hydrogen (secondary N) is 1. The Morgan fingerprint density at radius 1 is 1.14 bits per heavy atom. The van der Waals surface area contributed by atoms with Crippen LogP contribution < -0.4 is 15.2 Å². The summed E-state index contributed by atoms with van der Waals surface area (Å²) in [6, 6.07) is 15.8. The fourth-order valence-electron chi connectivity index (χ4n) is 5.96. The molecule has 2 aromatic heterocycles. The molecule has 4 bridgehead atoms. The number of primary amides is 1. The molecule has 2 unspecified atom stereocenters. The number of rotatable bonds is 5. The number of ether oxygens (including phenoxy) is 1. The zero-order valence-corrected chi connectivity index (χ0v) is 26.3. The van der Waals surface area contributed by atoms with Crippen molar-refractivity contribution in [2.24, 2.45) is 17.1 Å². The molecule has 0 aliphatic carbocycles. The maximum Gasteiger partial charge on any atom is 0.269 e. The van der Waals surface area contributed by atoms with Crippen LogP contribution >= 0.6 is 0 Å². The minimum atomic E-state index is -1.57. The third kappa shape index (κ3) is 7.74. The van der Waals surface area contributed by atoms with E-state index in [1.54, 1.807) is 4.68 Å². The van der Waals surface area contributed by atoms with Crippen molar-refractivity contribution in [3.8, 4) is 17.1 Å². The van der Waals surface area contributed by atoms with Crippen molar-refractivity contribution < 1.29 is 14.1 Å². The van der Waals surface area contributed by atoms with Crippen LogP contribution in [0, 0.1) is 25.2 Å². The van der Waals surface area contributed by atoms with E-state index in [4.69, 9.17) is 15.5 Å². The van der Waals surface area contributed by atoms with Crippen LogP contribution in [0.2, 0.25) is 0 Å². The van der Waals surface area contributed by atoms with Crippen molar-refractivity contribution in [2.45, 2.75) is 71.2 Å². The number of amides is 1. The number of benzene rings is 2. The first kappa shape index (κ1) is 30.6. The average Bonchev–Trinajstić information content (AvgIpc) is 3.38. The van der Waals surface area contributed by atoms with E-state index >= 15 is 0 Å². The van der Waals surface area contributed by atoms with Crippen LogP contribution in [0.3, 0.4) is 0 Å². The van der Waals surface area contributed by atoms with Crippen LogP contribution in [-0.2, 0) is 29.1 Å². The Balaban J connectivity index is 1.60. The van der Waals surface area contributed by atoms with E-state index < -0.39 is 17.3 Å². The van der Waals surface area contributed by atoms with Gasteiger partial charge in [0.1, 0.15) is 17.9 Å². The highest BCUT2D eigenvalue weighted by atomic mass is 32.2. The quantitative estimate of drug-likeness (QED) is 0.279. The zero-order valence-electron chi connectivity index (χ0n) is 25.5. The van der Waals surface area contributed by atoms with Gasteiger partial charge in [-0.25, -0.2) is 4.98 Å². The third-order valence-corrected chi connectivity index (χ3v) is 8.82. The second-order valence-electron chi connectivity index (χ2n) is 12.6. The van der Waals surface area contributed by atoms with Gasteiger partial charge in [0.25, 0.3) is 5.95 Å². The van der Waals surface area contributed by atoms with Crippen molar-refractivity contribution in [2.75, 3.05) is 11.3 Å². The molecule has 1 amide bonds. The van der Waals surface area contributed by atoms with Crippen LogP contribution in [0.25, 0.3) is 11.3 Å². The van der Waals surface area contributed by atoms with Crippen molar-refractivity contribution in [3.05, 3.63) is 83.2 Å². The predicted octanol–water partition coefficient (Wildman–Crippen LogP) is 5.74. The van der Waals surface area contributed by atoms with Crippen molar-refractivity contribution in [3.63, 3.8) is 0 Å². The first-order valence-electron chi connectivity index (χ1n) is 14.6. The molecule has 43 heavy (non-hydrogen) atoms. The molecular weight excluding hydrogens is 560 g/mol. The number of nitrogens with zero attached hydrogens (tertiary/aromatic N) is 4. The van der Waals surface area contributed by atoms with Crippen LogP contribution in [0.4, 0.5) is 5.95 Å². The summed E-state index contributed by atoms with van der Waals surface area (Å²) >= 11 is -1.57. The van der Waals surface area contributed by atoms with Gasteiger partial charge >= 0.3 is 0 Å². The van der Waals surface area contributed by atoms with Crippen LogP contribution in [0.15, 0.2) is 65.8 Å². The topological polar surface area (TPSA) is 131 Å². The van der Waals surface area contributed by atoms with Gasteiger partial charge in [-0.1, -0.05) is 51.1 Å². The summed E-state index contributed by atoms with van der Waals surface area (Å²) in [6.07, 6.45) is 6.24. The average molecular weight is 601 g/mol. The monoisotopic (exact) mass is 600 g/mol. The minimum Gasteiger partial charge on any atom is -0.588 e. The molecule has 4 aromatic rings. The summed E-state index contributed by atoms with van der Waals surface area (Å²) in [5.41, 5.74) is 11.5. The molecule has 3 atom stereocenters. The molecule has 3 heterocycles. The van der Waals surface area contributed by atoms with Gasteiger partial charge in [-0.3, -0.25) is 9.48 Å². The van der Waals surface area contributed by atoms with Crippen LogP contribution in [0.1, 0.15) is 61.8 Å². The van der Waals surface area contributed by atoms with Crippen LogP contribution in [-0.4, -0.2) is 36.8 Å². The number of aryl methyl sites for hydroxylation is 3. The van der Waals surface area contributed by atoms with Gasteiger partial charge in [-0.05, 0) is 78.8 Å². The summed E-state index contributed by atoms with van der Waals surface area (Å²) in [7, 11) is 0. The second kappa shape index (κ2) is 12.8. The SMILES string of the molecule is Cc1cccc(C)c1-c1cc2nc(n1)N[S+]([O-])c1cccc(c1)CCC(c1cnn(CC(N)=O)c1)[C@H](CC(C)(C)C)CO2. The van der Waals surface area contributed by atoms with Gasteiger partial charge in [-0.15, -0.1) is 0 Å².